The molecule has 7 heteroatoms. The van der Waals surface area contributed by atoms with Gasteiger partial charge in [0.15, 0.2) is 11.5 Å². The molecule has 0 fully saturated rings. The fourth-order valence-corrected chi connectivity index (χ4v) is 3.64. The van der Waals surface area contributed by atoms with Crippen LogP contribution in [0, 0.1) is 0 Å². The van der Waals surface area contributed by atoms with Gasteiger partial charge in [-0.05, 0) is 24.6 Å². The number of ketones is 1. The zero-order valence-electron chi connectivity index (χ0n) is 16.0. The first-order valence-corrected chi connectivity index (χ1v) is 9.31. The molecule has 0 aliphatic rings. The van der Waals surface area contributed by atoms with Crippen LogP contribution >= 0.6 is 0 Å². The third-order valence-electron chi connectivity index (χ3n) is 4.97. The van der Waals surface area contributed by atoms with Crippen LogP contribution in [0.5, 0.6) is 0 Å². The van der Waals surface area contributed by atoms with Crippen LogP contribution in [0.2, 0.25) is 0 Å². The number of aromatic nitrogens is 6. The highest BCUT2D eigenvalue weighted by molar-refractivity contribution is 5.96. The van der Waals surface area contributed by atoms with Gasteiger partial charge in [-0.3, -0.25) is 14.6 Å². The number of nitrogens with one attached hydrogen (secondary N) is 1. The molecule has 0 spiro atoms. The number of aryl methyl sites for hydroxylation is 1. The van der Waals surface area contributed by atoms with E-state index in [0.29, 0.717) is 12.2 Å². The minimum Gasteiger partial charge on any atom is -0.300 e. The molecule has 142 valence electrons. The molecule has 0 amide bonds. The average molecular weight is 382 g/mol. The van der Waals surface area contributed by atoms with E-state index in [1.54, 1.807) is 24.0 Å². The molecule has 3 heterocycles. The number of carbonyl (C=O) groups excluding carboxylic acids is 1. The Kier molecular flexibility index (Phi) is 3.94. The lowest BCUT2D eigenvalue weighted by atomic mass is 10.0. The molecule has 3 aromatic heterocycles. The molecule has 5 rings (SSSR count). The van der Waals surface area contributed by atoms with Crippen molar-refractivity contribution in [3.05, 3.63) is 60.4 Å². The van der Waals surface area contributed by atoms with Crippen molar-refractivity contribution in [1.82, 2.24) is 29.9 Å². The zero-order chi connectivity index (χ0) is 20.0. The number of hydrogen-bond donors (Lipinski definition) is 1. The smallest absolute Gasteiger partial charge is 0.163 e. The summed E-state index contributed by atoms with van der Waals surface area (Å²) in [6, 6.07) is 13.8. The molecule has 0 radical (unpaired) electrons. The van der Waals surface area contributed by atoms with E-state index >= 15 is 0 Å². The molecular formula is C22H18N6O. The van der Waals surface area contributed by atoms with Gasteiger partial charge in [0.2, 0.25) is 0 Å². The van der Waals surface area contributed by atoms with Gasteiger partial charge in [-0.2, -0.15) is 10.2 Å². The number of hydrogen-bond acceptors (Lipinski definition) is 5. The maximum atomic E-state index is 11.6. The second kappa shape index (κ2) is 6.63. The summed E-state index contributed by atoms with van der Waals surface area (Å²) < 4.78 is 1.75. The van der Waals surface area contributed by atoms with Crippen LogP contribution in [0.25, 0.3) is 44.6 Å². The molecule has 0 unspecified atom stereocenters. The lowest BCUT2D eigenvalue weighted by Gasteiger charge is -2.09. The minimum absolute atomic E-state index is 0.128. The van der Waals surface area contributed by atoms with Crippen molar-refractivity contribution >= 4 is 27.7 Å². The Morgan fingerprint density at radius 3 is 2.79 bits per heavy atom. The van der Waals surface area contributed by atoms with Gasteiger partial charge in [0, 0.05) is 30.0 Å². The summed E-state index contributed by atoms with van der Waals surface area (Å²) in [7, 11) is 1.87. The number of carbonyl (C=O) groups is 1. The van der Waals surface area contributed by atoms with Gasteiger partial charge in [0.05, 0.1) is 29.0 Å². The predicted molar refractivity (Wildman–Crippen MR) is 111 cm³/mol. The molecule has 1 N–H and O–H groups in total. The molecule has 0 saturated carbocycles. The number of aromatic amines is 1. The van der Waals surface area contributed by atoms with Crippen molar-refractivity contribution in [2.24, 2.45) is 7.05 Å². The van der Waals surface area contributed by atoms with Crippen LogP contribution in [0.3, 0.4) is 0 Å². The fourth-order valence-electron chi connectivity index (χ4n) is 3.64. The van der Waals surface area contributed by atoms with E-state index in [-0.39, 0.29) is 5.78 Å². The summed E-state index contributed by atoms with van der Waals surface area (Å²) >= 11 is 0. The second-order valence-corrected chi connectivity index (χ2v) is 7.12. The molecule has 0 atom stereocenters. The average Bonchev–Trinajstić information content (AvgIpc) is 3.34. The van der Waals surface area contributed by atoms with Crippen molar-refractivity contribution in [1.29, 1.82) is 0 Å². The number of rotatable bonds is 4. The summed E-state index contributed by atoms with van der Waals surface area (Å²) in [6.07, 6.45) is 3.97. The lowest BCUT2D eigenvalue weighted by Crippen LogP contribution is -1.99. The van der Waals surface area contributed by atoms with E-state index in [1.807, 2.05) is 49.5 Å². The number of benzene rings is 2. The molecule has 0 bridgehead atoms. The topological polar surface area (TPSA) is 89.3 Å². The lowest BCUT2D eigenvalue weighted by molar-refractivity contribution is -0.116. The summed E-state index contributed by atoms with van der Waals surface area (Å²) in [5.74, 6) is 0.740. The highest BCUT2D eigenvalue weighted by Crippen LogP contribution is 2.31. The van der Waals surface area contributed by atoms with Crippen LogP contribution < -0.4 is 0 Å². The highest BCUT2D eigenvalue weighted by atomic mass is 16.1. The first-order valence-electron chi connectivity index (χ1n) is 9.31. The summed E-state index contributed by atoms with van der Waals surface area (Å²) in [5.41, 5.74) is 5.28. The third-order valence-corrected chi connectivity index (χ3v) is 4.97. The summed E-state index contributed by atoms with van der Waals surface area (Å²) in [5, 5.41) is 13.4. The van der Waals surface area contributed by atoms with E-state index in [9.17, 15) is 4.79 Å². The first kappa shape index (κ1) is 17.2. The quantitative estimate of drug-likeness (QED) is 0.512. The zero-order valence-corrected chi connectivity index (χ0v) is 16.0. The molecule has 0 saturated heterocycles. The van der Waals surface area contributed by atoms with Gasteiger partial charge in [0.25, 0.3) is 0 Å². The van der Waals surface area contributed by atoms with Crippen LogP contribution in [0.15, 0.2) is 54.9 Å². The second-order valence-electron chi connectivity index (χ2n) is 7.12. The van der Waals surface area contributed by atoms with E-state index in [2.05, 4.69) is 15.3 Å². The Labute approximate surface area is 166 Å². The number of nitrogens with zero attached hydrogens (tertiary/aromatic N) is 5. The molecule has 0 aliphatic carbocycles. The van der Waals surface area contributed by atoms with Crippen LogP contribution in [-0.4, -0.2) is 35.7 Å². The SMILES string of the molecule is CC(=O)Cc1cccc(-c2nc(-c3cccc4[nH]ncc34)nc3c2cnn3C)c1. The number of fused-ring (bicyclic) bond motifs is 2. The highest BCUT2D eigenvalue weighted by Gasteiger charge is 2.16. The Bertz CT molecular complexity index is 1380. The van der Waals surface area contributed by atoms with Gasteiger partial charge in [-0.25, -0.2) is 9.97 Å². The van der Waals surface area contributed by atoms with E-state index in [1.165, 1.54) is 0 Å². The van der Waals surface area contributed by atoms with Gasteiger partial charge in [-0.15, -0.1) is 0 Å². The maximum Gasteiger partial charge on any atom is 0.163 e. The standard InChI is InChI=1S/C22H18N6O/c1-13(29)9-14-5-3-6-15(10-14)20-18-12-24-28(2)22(18)26-21(25-20)16-7-4-8-19-17(16)11-23-27-19/h3-8,10-12H,9H2,1-2H3,(H,23,27). The molecule has 5 aromatic rings. The van der Waals surface area contributed by atoms with Crippen LogP contribution in [0.4, 0.5) is 0 Å². The monoisotopic (exact) mass is 382 g/mol. The normalized spacial score (nSPS) is 11.4. The number of H-pyrrole nitrogens is 1. The van der Waals surface area contributed by atoms with E-state index in [4.69, 9.17) is 9.97 Å². The van der Waals surface area contributed by atoms with Crippen LogP contribution in [-0.2, 0) is 18.3 Å². The van der Waals surface area contributed by atoms with E-state index < -0.39 is 0 Å². The Morgan fingerprint density at radius 2 is 1.93 bits per heavy atom. The number of Topliss-reactive ketones (excluding diaryl/α,β-unsaturated/α-hetero) is 1. The van der Waals surface area contributed by atoms with Crippen molar-refractivity contribution in [2.45, 2.75) is 13.3 Å². The van der Waals surface area contributed by atoms with Crippen molar-refractivity contribution in [3.8, 4) is 22.6 Å². The van der Waals surface area contributed by atoms with Gasteiger partial charge >= 0.3 is 0 Å². The maximum absolute atomic E-state index is 11.6. The minimum atomic E-state index is 0.128. The predicted octanol–water partition coefficient (Wildman–Crippen LogP) is 3.71. The fraction of sp³-hybridized carbons (Fsp3) is 0.136. The van der Waals surface area contributed by atoms with Crippen molar-refractivity contribution in [2.75, 3.05) is 0 Å². The molecule has 7 nitrogen and oxygen atoms in total. The first-order chi connectivity index (χ1) is 14.1. The Balaban J connectivity index is 1.76. The van der Waals surface area contributed by atoms with E-state index in [0.717, 1.165) is 44.3 Å². The Hall–Kier alpha value is -3.87. The third kappa shape index (κ3) is 2.97. The van der Waals surface area contributed by atoms with Gasteiger partial charge < -0.3 is 0 Å². The molecule has 0 aliphatic heterocycles. The van der Waals surface area contributed by atoms with Crippen molar-refractivity contribution in [3.63, 3.8) is 0 Å². The molecule has 29 heavy (non-hydrogen) atoms. The molecular weight excluding hydrogens is 364 g/mol. The van der Waals surface area contributed by atoms with Gasteiger partial charge in [0.1, 0.15) is 5.78 Å². The van der Waals surface area contributed by atoms with Gasteiger partial charge in [-0.1, -0.05) is 30.3 Å². The largest absolute Gasteiger partial charge is 0.300 e. The summed E-state index contributed by atoms with van der Waals surface area (Å²) in [4.78, 5) is 21.3. The van der Waals surface area contributed by atoms with Crippen LogP contribution in [0.1, 0.15) is 12.5 Å². The summed E-state index contributed by atoms with van der Waals surface area (Å²) in [6.45, 7) is 1.60. The van der Waals surface area contributed by atoms with Crippen molar-refractivity contribution < 1.29 is 4.79 Å². The molecule has 2 aromatic carbocycles. The Morgan fingerprint density at radius 1 is 1.07 bits per heavy atom.